The molecule has 1 aromatic carbocycles. The van der Waals surface area contributed by atoms with Gasteiger partial charge in [-0.15, -0.1) is 0 Å². The van der Waals surface area contributed by atoms with Crippen molar-refractivity contribution < 1.29 is 0 Å². The van der Waals surface area contributed by atoms with Crippen LogP contribution in [0, 0.1) is 26.2 Å². The smallest absolute Gasteiger partial charge is 0.101 e. The van der Waals surface area contributed by atoms with Crippen LogP contribution in [0.5, 0.6) is 0 Å². The number of allylic oxidation sites excluding steroid dienone is 3. The monoisotopic (exact) mass is 321 g/mol. The molecule has 0 fully saturated rings. The lowest BCUT2D eigenvalue weighted by Crippen LogP contribution is -1.89. The van der Waals surface area contributed by atoms with Crippen molar-refractivity contribution in [3.8, 4) is 12.1 Å². The highest BCUT2D eigenvalue weighted by atomic mass is 127. The third-order valence-corrected chi connectivity index (χ3v) is 2.42. The minimum Gasteiger partial charge on any atom is -0.360 e. The van der Waals surface area contributed by atoms with Gasteiger partial charge in [-0.2, -0.15) is 10.5 Å². The van der Waals surface area contributed by atoms with Gasteiger partial charge in [-0.1, -0.05) is 0 Å². The number of rotatable bonds is 3. The van der Waals surface area contributed by atoms with Crippen LogP contribution in [0.2, 0.25) is 0 Å². The van der Waals surface area contributed by atoms with E-state index in [0.717, 1.165) is 9.26 Å². The van der Waals surface area contributed by atoms with Crippen LogP contribution in [-0.2, 0) is 0 Å². The number of anilines is 1. The Hall–Kier alpha value is -1.79. The SMILES string of the molecule is N#C/C=C/C(C#N)=C\Nc1ccc(I)cc1. The van der Waals surface area contributed by atoms with Crippen molar-refractivity contribution in [1.29, 1.82) is 10.5 Å². The fourth-order valence-electron chi connectivity index (χ4n) is 0.952. The molecule has 78 valence electrons. The van der Waals surface area contributed by atoms with Crippen LogP contribution in [0.25, 0.3) is 0 Å². The van der Waals surface area contributed by atoms with Crippen molar-refractivity contribution in [2.24, 2.45) is 0 Å². The molecule has 0 heterocycles. The fraction of sp³-hybridized carbons (Fsp3) is 0. The number of nitrogens with one attached hydrogen (secondary N) is 1. The van der Waals surface area contributed by atoms with Gasteiger partial charge in [-0.3, -0.25) is 0 Å². The van der Waals surface area contributed by atoms with Gasteiger partial charge in [-0.05, 0) is 52.9 Å². The van der Waals surface area contributed by atoms with E-state index in [1.807, 2.05) is 36.4 Å². The van der Waals surface area contributed by atoms with Crippen LogP contribution < -0.4 is 5.32 Å². The molecule has 0 aromatic heterocycles. The molecule has 0 aliphatic carbocycles. The molecule has 0 aliphatic heterocycles. The number of nitriles is 2. The van der Waals surface area contributed by atoms with Gasteiger partial charge in [0.1, 0.15) is 6.07 Å². The molecule has 0 saturated carbocycles. The van der Waals surface area contributed by atoms with Gasteiger partial charge < -0.3 is 5.32 Å². The Morgan fingerprint density at radius 2 is 1.94 bits per heavy atom. The van der Waals surface area contributed by atoms with Crippen molar-refractivity contribution in [2.45, 2.75) is 0 Å². The lowest BCUT2D eigenvalue weighted by molar-refractivity contribution is 1.47. The first-order valence-corrected chi connectivity index (χ1v) is 5.52. The maximum absolute atomic E-state index is 8.75. The van der Waals surface area contributed by atoms with Crippen molar-refractivity contribution in [3.05, 3.63) is 51.8 Å². The van der Waals surface area contributed by atoms with Gasteiger partial charge in [0.15, 0.2) is 0 Å². The number of benzene rings is 1. The Morgan fingerprint density at radius 1 is 1.25 bits per heavy atom. The van der Waals surface area contributed by atoms with E-state index in [0.29, 0.717) is 5.57 Å². The largest absolute Gasteiger partial charge is 0.360 e. The van der Waals surface area contributed by atoms with Crippen LogP contribution in [0.15, 0.2) is 48.2 Å². The minimum absolute atomic E-state index is 0.403. The zero-order chi connectivity index (χ0) is 11.8. The first-order valence-electron chi connectivity index (χ1n) is 4.45. The van der Waals surface area contributed by atoms with Crippen LogP contribution in [-0.4, -0.2) is 0 Å². The third-order valence-electron chi connectivity index (χ3n) is 1.71. The molecule has 1 N–H and O–H groups in total. The molecule has 1 rings (SSSR count). The summed E-state index contributed by atoms with van der Waals surface area (Å²) < 4.78 is 1.15. The second kappa shape index (κ2) is 6.65. The molecule has 0 saturated heterocycles. The van der Waals surface area contributed by atoms with E-state index in [9.17, 15) is 0 Å². The molecule has 0 amide bonds. The topological polar surface area (TPSA) is 59.6 Å². The van der Waals surface area contributed by atoms with E-state index in [4.69, 9.17) is 10.5 Å². The van der Waals surface area contributed by atoms with Crippen LogP contribution in [0.4, 0.5) is 5.69 Å². The van der Waals surface area contributed by atoms with Crippen molar-refractivity contribution >= 4 is 28.3 Å². The van der Waals surface area contributed by atoms with Gasteiger partial charge in [0.25, 0.3) is 0 Å². The van der Waals surface area contributed by atoms with Crippen LogP contribution in [0.1, 0.15) is 0 Å². The molecule has 3 nitrogen and oxygen atoms in total. The van der Waals surface area contributed by atoms with Gasteiger partial charge in [0.05, 0.1) is 11.6 Å². The zero-order valence-corrected chi connectivity index (χ0v) is 10.5. The Kier molecular flexibility index (Phi) is 5.10. The van der Waals surface area contributed by atoms with E-state index in [1.165, 1.54) is 12.2 Å². The summed E-state index contributed by atoms with van der Waals surface area (Å²) in [4.78, 5) is 0. The zero-order valence-electron chi connectivity index (χ0n) is 8.31. The first kappa shape index (κ1) is 12.3. The summed E-state index contributed by atoms with van der Waals surface area (Å²) in [7, 11) is 0. The second-order valence-corrected chi connectivity index (χ2v) is 4.07. The highest BCUT2D eigenvalue weighted by Crippen LogP contribution is 2.11. The average molecular weight is 321 g/mol. The molecule has 0 atom stereocenters. The molecule has 0 radical (unpaired) electrons. The van der Waals surface area contributed by atoms with Gasteiger partial charge >= 0.3 is 0 Å². The third kappa shape index (κ3) is 4.16. The Labute approximate surface area is 108 Å². The highest BCUT2D eigenvalue weighted by Gasteiger charge is 1.91. The van der Waals surface area contributed by atoms with Gasteiger partial charge in [0, 0.05) is 21.5 Å². The van der Waals surface area contributed by atoms with E-state index in [2.05, 4.69) is 27.9 Å². The number of hydrogen-bond acceptors (Lipinski definition) is 3. The second-order valence-electron chi connectivity index (χ2n) is 2.83. The molecule has 4 heteroatoms. The summed E-state index contributed by atoms with van der Waals surface area (Å²) in [6.07, 6.45) is 4.29. The molecule has 0 unspecified atom stereocenters. The van der Waals surface area contributed by atoms with Crippen molar-refractivity contribution in [2.75, 3.05) is 5.32 Å². The molecule has 0 aliphatic rings. The summed E-state index contributed by atoms with van der Waals surface area (Å²) >= 11 is 2.22. The molecular formula is C12H8IN3. The molecule has 16 heavy (non-hydrogen) atoms. The molecule has 0 spiro atoms. The number of nitrogens with zero attached hydrogens (tertiary/aromatic N) is 2. The van der Waals surface area contributed by atoms with E-state index in [1.54, 1.807) is 6.20 Å². The molecule has 1 aromatic rings. The predicted molar refractivity (Wildman–Crippen MR) is 71.2 cm³/mol. The average Bonchev–Trinajstić information content (AvgIpc) is 2.32. The summed E-state index contributed by atoms with van der Waals surface area (Å²) in [6, 6.07) is 11.6. The van der Waals surface area contributed by atoms with E-state index in [-0.39, 0.29) is 0 Å². The predicted octanol–water partition coefficient (Wildman–Crippen LogP) is 3.19. The number of halogens is 1. The lowest BCUT2D eigenvalue weighted by Gasteiger charge is -2.00. The maximum atomic E-state index is 8.75. The fourth-order valence-corrected chi connectivity index (χ4v) is 1.31. The lowest BCUT2D eigenvalue weighted by atomic mass is 10.3. The van der Waals surface area contributed by atoms with Gasteiger partial charge in [0.2, 0.25) is 0 Å². The number of hydrogen-bond donors (Lipinski definition) is 1. The van der Waals surface area contributed by atoms with Gasteiger partial charge in [-0.25, -0.2) is 0 Å². The highest BCUT2D eigenvalue weighted by molar-refractivity contribution is 14.1. The molecular weight excluding hydrogens is 313 g/mol. The van der Waals surface area contributed by atoms with Crippen LogP contribution in [0.3, 0.4) is 0 Å². The summed E-state index contributed by atoms with van der Waals surface area (Å²) in [6.45, 7) is 0. The summed E-state index contributed by atoms with van der Waals surface area (Å²) in [5, 5.41) is 20.1. The van der Waals surface area contributed by atoms with E-state index < -0.39 is 0 Å². The minimum atomic E-state index is 0.403. The van der Waals surface area contributed by atoms with Crippen molar-refractivity contribution in [3.63, 3.8) is 0 Å². The Morgan fingerprint density at radius 3 is 2.50 bits per heavy atom. The normalized spacial score (nSPS) is 10.8. The standard InChI is InChI=1S/C12H8IN3/c13-11-3-5-12(6-4-11)16-9-10(8-15)2-1-7-14/h1-6,9,16H/b2-1+,10-9+. The van der Waals surface area contributed by atoms with Crippen LogP contribution >= 0.6 is 22.6 Å². The summed E-state index contributed by atoms with van der Waals surface area (Å²) in [5.74, 6) is 0. The summed E-state index contributed by atoms with van der Waals surface area (Å²) in [5.41, 5.74) is 1.30. The Balaban J connectivity index is 2.72. The Bertz CT molecular complexity index is 486. The quantitative estimate of drug-likeness (QED) is 0.528. The van der Waals surface area contributed by atoms with E-state index >= 15 is 0 Å². The molecule has 0 bridgehead atoms. The van der Waals surface area contributed by atoms with Crippen molar-refractivity contribution in [1.82, 2.24) is 0 Å². The first-order chi connectivity index (χ1) is 7.76. The maximum Gasteiger partial charge on any atom is 0.101 e.